The zero-order valence-corrected chi connectivity index (χ0v) is 12.5. The maximum absolute atomic E-state index is 12.1. The number of halogens is 2. The van der Waals surface area contributed by atoms with Crippen molar-refractivity contribution in [3.63, 3.8) is 0 Å². The van der Waals surface area contributed by atoms with Crippen LogP contribution in [0.25, 0.3) is 0 Å². The van der Waals surface area contributed by atoms with E-state index >= 15 is 0 Å². The SMILES string of the molecule is CC(N)CCCCS(=O)(=O)c1cc(Cl)ccc1Cl. The normalized spacial score (nSPS) is 13.6. The van der Waals surface area contributed by atoms with Crippen LogP contribution in [0.15, 0.2) is 23.1 Å². The van der Waals surface area contributed by atoms with Crippen LogP contribution in [0.5, 0.6) is 0 Å². The Morgan fingerprint density at radius 2 is 1.94 bits per heavy atom. The molecule has 0 fully saturated rings. The van der Waals surface area contributed by atoms with Gasteiger partial charge < -0.3 is 5.73 Å². The van der Waals surface area contributed by atoms with Gasteiger partial charge in [0, 0.05) is 11.1 Å². The molecule has 1 aromatic rings. The number of unbranched alkanes of at least 4 members (excludes halogenated alkanes) is 1. The molecule has 0 radical (unpaired) electrons. The molecule has 0 aliphatic heterocycles. The highest BCUT2D eigenvalue weighted by molar-refractivity contribution is 7.91. The molecule has 0 spiro atoms. The van der Waals surface area contributed by atoms with Crippen LogP contribution in [-0.4, -0.2) is 20.2 Å². The third-order valence-electron chi connectivity index (χ3n) is 2.55. The Morgan fingerprint density at radius 3 is 2.56 bits per heavy atom. The van der Waals surface area contributed by atoms with Gasteiger partial charge in [0.2, 0.25) is 0 Å². The highest BCUT2D eigenvalue weighted by Gasteiger charge is 2.18. The Bertz CT molecular complexity index is 501. The van der Waals surface area contributed by atoms with Crippen LogP contribution in [0.1, 0.15) is 26.2 Å². The number of sulfone groups is 1. The van der Waals surface area contributed by atoms with Crippen molar-refractivity contribution in [3.8, 4) is 0 Å². The van der Waals surface area contributed by atoms with E-state index in [-0.39, 0.29) is 21.7 Å². The summed E-state index contributed by atoms with van der Waals surface area (Å²) in [5.41, 5.74) is 5.61. The molecule has 0 amide bonds. The summed E-state index contributed by atoms with van der Waals surface area (Å²) in [5.74, 6) is 0.0692. The molecule has 0 aromatic heterocycles. The predicted molar refractivity (Wildman–Crippen MR) is 76.0 cm³/mol. The lowest BCUT2D eigenvalue weighted by atomic mass is 10.2. The summed E-state index contributed by atoms with van der Waals surface area (Å²) in [4.78, 5) is 0.109. The number of nitrogens with two attached hydrogens (primary N) is 1. The summed E-state index contributed by atoms with van der Waals surface area (Å²) in [7, 11) is -3.37. The fourth-order valence-electron chi connectivity index (χ4n) is 1.58. The second-order valence-corrected chi connectivity index (χ2v) is 7.29. The van der Waals surface area contributed by atoms with Gasteiger partial charge in [-0.1, -0.05) is 29.6 Å². The molecule has 1 atom stereocenters. The summed E-state index contributed by atoms with van der Waals surface area (Å²) in [6.07, 6.45) is 2.18. The third-order valence-corrected chi connectivity index (χ3v) is 5.06. The summed E-state index contributed by atoms with van der Waals surface area (Å²) in [5, 5.41) is 0.583. The molecule has 102 valence electrons. The first-order valence-electron chi connectivity index (χ1n) is 5.76. The van der Waals surface area contributed by atoms with Crippen LogP contribution >= 0.6 is 23.2 Å². The molecule has 0 bridgehead atoms. The molecular formula is C12H17Cl2NO2S. The maximum Gasteiger partial charge on any atom is 0.179 e. The molecule has 0 heterocycles. The van der Waals surface area contributed by atoms with Gasteiger partial charge in [-0.15, -0.1) is 0 Å². The van der Waals surface area contributed by atoms with Crippen molar-refractivity contribution in [1.29, 1.82) is 0 Å². The average Bonchev–Trinajstić information content (AvgIpc) is 2.27. The first-order valence-corrected chi connectivity index (χ1v) is 8.17. The molecular weight excluding hydrogens is 293 g/mol. The first-order chi connectivity index (χ1) is 8.33. The van der Waals surface area contributed by atoms with Crippen molar-refractivity contribution in [1.82, 2.24) is 0 Å². The second-order valence-electron chi connectivity index (χ2n) is 4.37. The van der Waals surface area contributed by atoms with Crippen molar-refractivity contribution in [3.05, 3.63) is 28.2 Å². The van der Waals surface area contributed by atoms with Gasteiger partial charge in [0.05, 0.1) is 15.7 Å². The van der Waals surface area contributed by atoms with Crippen LogP contribution < -0.4 is 5.73 Å². The molecule has 0 aliphatic carbocycles. The van der Waals surface area contributed by atoms with Gasteiger partial charge in [0.1, 0.15) is 0 Å². The van der Waals surface area contributed by atoms with E-state index in [9.17, 15) is 8.42 Å². The molecule has 1 unspecified atom stereocenters. The monoisotopic (exact) mass is 309 g/mol. The minimum Gasteiger partial charge on any atom is -0.328 e. The van der Waals surface area contributed by atoms with E-state index in [0.717, 1.165) is 12.8 Å². The van der Waals surface area contributed by atoms with Crippen molar-refractivity contribution >= 4 is 33.0 Å². The van der Waals surface area contributed by atoms with Crippen LogP contribution in [0.3, 0.4) is 0 Å². The lowest BCUT2D eigenvalue weighted by Crippen LogP contribution is -2.15. The maximum atomic E-state index is 12.1. The van der Waals surface area contributed by atoms with Gasteiger partial charge in [-0.3, -0.25) is 0 Å². The van der Waals surface area contributed by atoms with Gasteiger partial charge in [-0.25, -0.2) is 8.42 Å². The van der Waals surface area contributed by atoms with Crippen molar-refractivity contribution < 1.29 is 8.42 Å². The van der Waals surface area contributed by atoms with Crippen LogP contribution in [0, 0.1) is 0 Å². The fourth-order valence-corrected chi connectivity index (χ4v) is 3.77. The molecule has 2 N–H and O–H groups in total. The number of benzene rings is 1. The molecule has 18 heavy (non-hydrogen) atoms. The van der Waals surface area contributed by atoms with E-state index in [0.29, 0.717) is 11.4 Å². The highest BCUT2D eigenvalue weighted by atomic mass is 35.5. The summed E-state index contributed by atoms with van der Waals surface area (Å²) in [6.45, 7) is 1.91. The van der Waals surface area contributed by atoms with Gasteiger partial charge in [-0.2, -0.15) is 0 Å². The van der Waals surface area contributed by atoms with Crippen LogP contribution in [-0.2, 0) is 9.84 Å². The molecule has 1 aromatic carbocycles. The molecule has 3 nitrogen and oxygen atoms in total. The average molecular weight is 310 g/mol. The predicted octanol–water partition coefficient (Wildman–Crippen LogP) is 3.28. The van der Waals surface area contributed by atoms with Gasteiger partial charge >= 0.3 is 0 Å². The summed E-state index contributed by atoms with van der Waals surface area (Å²) in [6, 6.07) is 4.56. The molecule has 0 saturated heterocycles. The van der Waals surface area contributed by atoms with Gasteiger partial charge in [0.15, 0.2) is 9.84 Å². The quantitative estimate of drug-likeness (QED) is 0.820. The van der Waals surface area contributed by atoms with E-state index < -0.39 is 9.84 Å². The van der Waals surface area contributed by atoms with E-state index in [2.05, 4.69) is 0 Å². The molecule has 6 heteroatoms. The number of rotatable bonds is 6. The van der Waals surface area contributed by atoms with E-state index in [4.69, 9.17) is 28.9 Å². The minimum atomic E-state index is -3.37. The Kier molecular flexibility index (Phi) is 5.92. The number of hydrogen-bond donors (Lipinski definition) is 1. The van der Waals surface area contributed by atoms with Crippen molar-refractivity contribution in [2.24, 2.45) is 5.73 Å². The second kappa shape index (κ2) is 6.75. The lowest BCUT2D eigenvalue weighted by Gasteiger charge is -2.08. The summed E-state index contributed by atoms with van der Waals surface area (Å²) >= 11 is 11.7. The van der Waals surface area contributed by atoms with E-state index in [1.54, 1.807) is 6.07 Å². The van der Waals surface area contributed by atoms with Gasteiger partial charge in [0.25, 0.3) is 0 Å². The lowest BCUT2D eigenvalue weighted by molar-refractivity contribution is 0.580. The standard InChI is InChI=1S/C12H17Cl2NO2S/c1-9(15)4-2-3-7-18(16,17)12-8-10(13)5-6-11(12)14/h5-6,8-9H,2-4,7,15H2,1H3. The van der Waals surface area contributed by atoms with Crippen molar-refractivity contribution in [2.75, 3.05) is 5.75 Å². The van der Waals surface area contributed by atoms with E-state index in [1.165, 1.54) is 12.1 Å². The Morgan fingerprint density at radius 1 is 1.28 bits per heavy atom. The number of hydrogen-bond acceptors (Lipinski definition) is 3. The molecule has 1 rings (SSSR count). The van der Waals surface area contributed by atoms with Gasteiger partial charge in [-0.05, 0) is 38.0 Å². The fraction of sp³-hybridized carbons (Fsp3) is 0.500. The van der Waals surface area contributed by atoms with Crippen LogP contribution in [0.2, 0.25) is 10.0 Å². The summed E-state index contributed by atoms with van der Waals surface area (Å²) < 4.78 is 24.2. The first kappa shape index (κ1) is 15.8. The largest absolute Gasteiger partial charge is 0.328 e. The minimum absolute atomic E-state index is 0.0692. The van der Waals surface area contributed by atoms with E-state index in [1.807, 2.05) is 6.92 Å². The zero-order chi connectivity index (χ0) is 13.8. The van der Waals surface area contributed by atoms with Crippen LogP contribution in [0.4, 0.5) is 0 Å². The molecule has 0 saturated carbocycles. The molecule has 0 aliphatic rings. The smallest absolute Gasteiger partial charge is 0.179 e. The Hall–Kier alpha value is -0.290. The Labute approximate surface area is 118 Å². The van der Waals surface area contributed by atoms with Crippen molar-refractivity contribution in [2.45, 2.75) is 37.1 Å². The third kappa shape index (κ3) is 4.76. The highest BCUT2D eigenvalue weighted by Crippen LogP contribution is 2.26. The Balaban J connectivity index is 2.71. The zero-order valence-electron chi connectivity index (χ0n) is 10.2. The topological polar surface area (TPSA) is 60.2 Å².